The summed E-state index contributed by atoms with van der Waals surface area (Å²) in [7, 11) is 1.33. The van der Waals surface area contributed by atoms with Crippen LogP contribution in [-0.4, -0.2) is 37.0 Å². The maximum absolute atomic E-state index is 12.8. The molecule has 1 atom stereocenters. The minimum Gasteiger partial charge on any atom is -0.465 e. The van der Waals surface area contributed by atoms with Crippen molar-refractivity contribution in [3.63, 3.8) is 0 Å². The van der Waals surface area contributed by atoms with Crippen molar-refractivity contribution in [1.29, 1.82) is 0 Å². The molecule has 0 bridgehead atoms. The summed E-state index contributed by atoms with van der Waals surface area (Å²) in [5.41, 5.74) is 2.03. The Labute approximate surface area is 164 Å². The normalized spacial score (nSPS) is 17.3. The second-order valence-corrected chi connectivity index (χ2v) is 7.16. The Bertz CT molecular complexity index is 807. The van der Waals surface area contributed by atoms with Gasteiger partial charge in [-0.25, -0.2) is 4.79 Å². The minimum absolute atomic E-state index is 0.0628. The van der Waals surface area contributed by atoms with Gasteiger partial charge in [-0.3, -0.25) is 9.69 Å². The summed E-state index contributed by atoms with van der Waals surface area (Å²) in [6.07, 6.45) is 1.80. The highest BCUT2D eigenvalue weighted by atomic mass is 35.5. The zero-order valence-electron chi connectivity index (χ0n) is 15.3. The highest BCUT2D eigenvalue weighted by Gasteiger charge is 2.26. The molecule has 0 aromatic heterocycles. The van der Waals surface area contributed by atoms with Gasteiger partial charge in [0.2, 0.25) is 5.91 Å². The molecule has 1 saturated heterocycles. The standard InChI is InChI=1S/C21H23ClN2O3/c1-27-21(26)18-6-2-3-7-19(18)23-20(25)16-5-4-12-24(14-16)13-15-8-10-17(22)11-9-15/h2-3,6-11,16H,4-5,12-14H2,1H3,(H,23,25). The number of ether oxygens (including phenoxy) is 1. The Morgan fingerprint density at radius 3 is 2.67 bits per heavy atom. The number of hydrogen-bond acceptors (Lipinski definition) is 4. The largest absolute Gasteiger partial charge is 0.465 e. The van der Waals surface area contributed by atoms with Crippen LogP contribution in [-0.2, 0) is 16.1 Å². The van der Waals surface area contributed by atoms with Crippen LogP contribution in [0.1, 0.15) is 28.8 Å². The molecule has 1 aliphatic heterocycles. The van der Waals surface area contributed by atoms with Crippen LogP contribution in [0.4, 0.5) is 5.69 Å². The Morgan fingerprint density at radius 2 is 1.93 bits per heavy atom. The SMILES string of the molecule is COC(=O)c1ccccc1NC(=O)C1CCCN(Cc2ccc(Cl)cc2)C1. The number of carbonyl (C=O) groups excluding carboxylic acids is 2. The third-order valence-corrected chi connectivity index (χ3v) is 5.04. The monoisotopic (exact) mass is 386 g/mol. The van der Waals surface area contributed by atoms with Crippen LogP contribution < -0.4 is 5.32 Å². The van der Waals surface area contributed by atoms with Gasteiger partial charge in [0.05, 0.1) is 24.3 Å². The quantitative estimate of drug-likeness (QED) is 0.790. The maximum atomic E-state index is 12.8. The lowest BCUT2D eigenvalue weighted by atomic mass is 9.96. The van der Waals surface area contributed by atoms with E-state index in [-0.39, 0.29) is 11.8 Å². The Balaban J connectivity index is 1.63. The maximum Gasteiger partial charge on any atom is 0.339 e. The number of nitrogens with zero attached hydrogens (tertiary/aromatic N) is 1. The van der Waals surface area contributed by atoms with Crippen molar-refractivity contribution >= 4 is 29.2 Å². The zero-order chi connectivity index (χ0) is 19.2. The molecule has 1 fully saturated rings. The number of halogens is 1. The van der Waals surface area contributed by atoms with Crippen molar-refractivity contribution in [1.82, 2.24) is 4.90 Å². The number of benzene rings is 2. The molecule has 1 aliphatic rings. The molecule has 5 nitrogen and oxygen atoms in total. The summed E-state index contributed by atoms with van der Waals surface area (Å²) in [6.45, 7) is 2.44. The second-order valence-electron chi connectivity index (χ2n) is 6.73. The van der Waals surface area contributed by atoms with Crippen LogP contribution in [0.2, 0.25) is 5.02 Å². The number of piperidine rings is 1. The van der Waals surface area contributed by atoms with E-state index in [9.17, 15) is 9.59 Å². The molecule has 2 aromatic carbocycles. The lowest BCUT2D eigenvalue weighted by molar-refractivity contribution is -0.121. The molecule has 1 amide bonds. The molecule has 1 heterocycles. The van der Waals surface area contributed by atoms with Gasteiger partial charge in [0.25, 0.3) is 0 Å². The Hall–Kier alpha value is -2.37. The lowest BCUT2D eigenvalue weighted by Gasteiger charge is -2.32. The van der Waals surface area contributed by atoms with Crippen LogP contribution in [0.3, 0.4) is 0 Å². The average molecular weight is 387 g/mol. The van der Waals surface area contributed by atoms with Crippen molar-refractivity contribution in [3.8, 4) is 0 Å². The summed E-state index contributed by atoms with van der Waals surface area (Å²) >= 11 is 5.94. The molecule has 0 aliphatic carbocycles. The molecule has 0 saturated carbocycles. The van der Waals surface area contributed by atoms with E-state index < -0.39 is 5.97 Å². The van der Waals surface area contributed by atoms with Crippen molar-refractivity contribution < 1.29 is 14.3 Å². The van der Waals surface area contributed by atoms with E-state index in [1.54, 1.807) is 24.3 Å². The molecule has 142 valence electrons. The van der Waals surface area contributed by atoms with Crippen molar-refractivity contribution in [2.45, 2.75) is 19.4 Å². The summed E-state index contributed by atoms with van der Waals surface area (Å²) in [4.78, 5) is 26.9. The minimum atomic E-state index is -0.459. The first kappa shape index (κ1) is 19.4. The number of likely N-dealkylation sites (tertiary alicyclic amines) is 1. The van der Waals surface area contributed by atoms with Gasteiger partial charge in [0.15, 0.2) is 0 Å². The fourth-order valence-corrected chi connectivity index (χ4v) is 3.50. The third kappa shape index (κ3) is 5.08. The predicted molar refractivity (Wildman–Crippen MR) is 106 cm³/mol. The number of hydrogen-bond donors (Lipinski definition) is 1. The van der Waals surface area contributed by atoms with Gasteiger partial charge in [0.1, 0.15) is 0 Å². The highest BCUT2D eigenvalue weighted by molar-refractivity contribution is 6.30. The molecule has 1 N–H and O–H groups in total. The van der Waals surface area contributed by atoms with Crippen LogP contribution in [0, 0.1) is 5.92 Å². The number of anilines is 1. The first-order valence-corrected chi connectivity index (χ1v) is 9.39. The van der Waals surface area contributed by atoms with Crippen molar-refractivity contribution in [2.75, 3.05) is 25.5 Å². The van der Waals surface area contributed by atoms with E-state index in [4.69, 9.17) is 16.3 Å². The topological polar surface area (TPSA) is 58.6 Å². The van der Waals surface area contributed by atoms with Crippen LogP contribution >= 0.6 is 11.6 Å². The highest BCUT2D eigenvalue weighted by Crippen LogP contribution is 2.23. The van der Waals surface area contributed by atoms with Gasteiger partial charge in [-0.2, -0.15) is 0 Å². The van der Waals surface area contributed by atoms with Crippen LogP contribution in [0.15, 0.2) is 48.5 Å². The summed E-state index contributed by atoms with van der Waals surface area (Å²) in [5, 5.41) is 3.62. The number of nitrogens with one attached hydrogen (secondary N) is 1. The summed E-state index contributed by atoms with van der Waals surface area (Å²) in [6, 6.07) is 14.7. The van der Waals surface area contributed by atoms with Gasteiger partial charge < -0.3 is 10.1 Å². The number of amides is 1. The molecule has 2 aromatic rings. The second kappa shape index (κ2) is 9.02. The van der Waals surface area contributed by atoms with Crippen molar-refractivity contribution in [2.24, 2.45) is 5.92 Å². The number of methoxy groups -OCH3 is 1. The molecule has 1 unspecified atom stereocenters. The van der Waals surface area contributed by atoms with E-state index in [0.717, 1.165) is 31.0 Å². The predicted octanol–water partition coefficient (Wildman–Crippen LogP) is 3.98. The molecule has 6 heteroatoms. The van der Waals surface area contributed by atoms with Gasteiger partial charge in [-0.05, 0) is 49.2 Å². The summed E-state index contributed by atoms with van der Waals surface area (Å²) < 4.78 is 4.79. The molecular weight excluding hydrogens is 364 g/mol. The molecular formula is C21H23ClN2O3. The Morgan fingerprint density at radius 1 is 1.19 bits per heavy atom. The zero-order valence-corrected chi connectivity index (χ0v) is 16.0. The van der Waals surface area contributed by atoms with E-state index in [1.165, 1.54) is 12.7 Å². The first-order chi connectivity index (χ1) is 13.1. The molecule has 0 spiro atoms. The lowest BCUT2D eigenvalue weighted by Crippen LogP contribution is -2.40. The van der Waals surface area contributed by atoms with E-state index >= 15 is 0 Å². The average Bonchev–Trinajstić information content (AvgIpc) is 2.70. The summed E-state index contributed by atoms with van der Waals surface area (Å²) in [5.74, 6) is -0.636. The fourth-order valence-electron chi connectivity index (χ4n) is 3.38. The fraction of sp³-hybridized carbons (Fsp3) is 0.333. The van der Waals surface area contributed by atoms with E-state index in [0.29, 0.717) is 17.8 Å². The van der Waals surface area contributed by atoms with E-state index in [1.807, 2.05) is 24.3 Å². The van der Waals surface area contributed by atoms with Gasteiger partial charge in [-0.15, -0.1) is 0 Å². The number of rotatable bonds is 5. The number of esters is 1. The van der Waals surface area contributed by atoms with Gasteiger partial charge >= 0.3 is 5.97 Å². The van der Waals surface area contributed by atoms with Crippen molar-refractivity contribution in [3.05, 3.63) is 64.7 Å². The van der Waals surface area contributed by atoms with Crippen LogP contribution in [0.5, 0.6) is 0 Å². The molecule has 27 heavy (non-hydrogen) atoms. The molecule has 3 rings (SSSR count). The Kier molecular flexibility index (Phi) is 6.48. The van der Waals surface area contributed by atoms with Gasteiger partial charge in [-0.1, -0.05) is 35.9 Å². The number of carbonyl (C=O) groups is 2. The molecule has 0 radical (unpaired) electrons. The first-order valence-electron chi connectivity index (χ1n) is 9.02. The third-order valence-electron chi connectivity index (χ3n) is 4.79. The van der Waals surface area contributed by atoms with Gasteiger partial charge in [0, 0.05) is 18.1 Å². The smallest absolute Gasteiger partial charge is 0.339 e. The number of para-hydroxylation sites is 1. The van der Waals surface area contributed by atoms with Crippen LogP contribution in [0.25, 0.3) is 0 Å². The van der Waals surface area contributed by atoms with E-state index in [2.05, 4.69) is 10.2 Å².